The Morgan fingerprint density at radius 3 is 2.15 bits per heavy atom. The van der Waals surface area contributed by atoms with Gasteiger partial charge >= 0.3 is 5.97 Å². The molecule has 5 heteroatoms. The SMILES string of the molecule is N#Cc1cc(Br)c(C(=O)O)c(Br)c1. The van der Waals surface area contributed by atoms with Crippen LogP contribution in [0.3, 0.4) is 0 Å². The third-order valence-corrected chi connectivity index (χ3v) is 2.64. The maximum atomic E-state index is 10.7. The van der Waals surface area contributed by atoms with Crippen molar-refractivity contribution in [3.63, 3.8) is 0 Å². The molecule has 0 heterocycles. The van der Waals surface area contributed by atoms with Crippen molar-refractivity contribution in [2.24, 2.45) is 0 Å². The second kappa shape index (κ2) is 3.90. The largest absolute Gasteiger partial charge is 0.478 e. The summed E-state index contributed by atoms with van der Waals surface area (Å²) in [6.07, 6.45) is 0. The van der Waals surface area contributed by atoms with E-state index in [2.05, 4.69) is 31.9 Å². The molecular weight excluding hydrogens is 302 g/mol. The maximum absolute atomic E-state index is 10.7. The Bertz CT molecular complexity index is 386. The molecule has 13 heavy (non-hydrogen) atoms. The highest BCUT2D eigenvalue weighted by Gasteiger charge is 2.13. The molecule has 0 aromatic heterocycles. The predicted octanol–water partition coefficient (Wildman–Crippen LogP) is 2.78. The van der Waals surface area contributed by atoms with Gasteiger partial charge in [-0.2, -0.15) is 5.26 Å². The van der Waals surface area contributed by atoms with E-state index in [1.807, 2.05) is 6.07 Å². The molecule has 0 unspecified atom stereocenters. The van der Waals surface area contributed by atoms with Crippen molar-refractivity contribution in [3.8, 4) is 6.07 Å². The lowest BCUT2D eigenvalue weighted by Crippen LogP contribution is -1.99. The van der Waals surface area contributed by atoms with Crippen molar-refractivity contribution in [2.45, 2.75) is 0 Å². The van der Waals surface area contributed by atoms with Gasteiger partial charge in [0.05, 0.1) is 17.2 Å². The topological polar surface area (TPSA) is 61.1 Å². The van der Waals surface area contributed by atoms with Crippen LogP contribution in [-0.4, -0.2) is 11.1 Å². The van der Waals surface area contributed by atoms with E-state index in [1.54, 1.807) is 0 Å². The monoisotopic (exact) mass is 303 g/mol. The molecule has 0 saturated carbocycles. The quantitative estimate of drug-likeness (QED) is 0.868. The number of benzene rings is 1. The highest BCUT2D eigenvalue weighted by molar-refractivity contribution is 9.11. The minimum atomic E-state index is -1.04. The first kappa shape index (κ1) is 10.2. The Labute approximate surface area is 91.2 Å². The predicted molar refractivity (Wildman–Crippen MR) is 53.5 cm³/mol. The van der Waals surface area contributed by atoms with Crippen LogP contribution >= 0.6 is 31.9 Å². The molecule has 0 amide bonds. The maximum Gasteiger partial charge on any atom is 0.338 e. The fourth-order valence-electron chi connectivity index (χ4n) is 0.842. The van der Waals surface area contributed by atoms with Crippen LogP contribution in [0.25, 0.3) is 0 Å². The van der Waals surface area contributed by atoms with Crippen molar-refractivity contribution >= 4 is 37.8 Å². The number of hydrogen-bond acceptors (Lipinski definition) is 2. The third-order valence-electron chi connectivity index (χ3n) is 1.39. The minimum Gasteiger partial charge on any atom is -0.478 e. The fourth-order valence-corrected chi connectivity index (χ4v) is 2.37. The number of halogens is 2. The van der Waals surface area contributed by atoms with Gasteiger partial charge in [0, 0.05) is 8.95 Å². The standard InChI is InChI=1S/C8H3Br2NO2/c9-5-1-4(3-11)2-6(10)7(5)8(12)13/h1-2H,(H,12,13). The Morgan fingerprint density at radius 2 is 1.85 bits per heavy atom. The van der Waals surface area contributed by atoms with E-state index in [0.717, 1.165) is 0 Å². The zero-order chi connectivity index (χ0) is 10.0. The lowest BCUT2D eigenvalue weighted by Gasteiger charge is -2.01. The summed E-state index contributed by atoms with van der Waals surface area (Å²) in [5, 5.41) is 17.3. The van der Waals surface area contributed by atoms with Crippen LogP contribution in [0.1, 0.15) is 15.9 Å². The van der Waals surface area contributed by atoms with Gasteiger partial charge < -0.3 is 5.11 Å². The Hall–Kier alpha value is -0.860. The summed E-state index contributed by atoms with van der Waals surface area (Å²) < 4.78 is 0.789. The van der Waals surface area contributed by atoms with Gasteiger partial charge in [-0.3, -0.25) is 0 Å². The second-order valence-electron chi connectivity index (χ2n) is 2.23. The van der Waals surface area contributed by atoms with Gasteiger partial charge in [0.2, 0.25) is 0 Å². The van der Waals surface area contributed by atoms with Gasteiger partial charge in [0.25, 0.3) is 0 Å². The highest BCUT2D eigenvalue weighted by Crippen LogP contribution is 2.26. The number of carboxylic acids is 1. The van der Waals surface area contributed by atoms with Crippen molar-refractivity contribution in [1.82, 2.24) is 0 Å². The first-order valence-corrected chi connectivity index (χ1v) is 4.77. The van der Waals surface area contributed by atoms with Crippen LogP contribution in [-0.2, 0) is 0 Å². The van der Waals surface area contributed by atoms with Gasteiger partial charge in [-0.15, -0.1) is 0 Å². The van der Waals surface area contributed by atoms with E-state index in [-0.39, 0.29) is 5.56 Å². The molecule has 66 valence electrons. The van der Waals surface area contributed by atoms with Crippen LogP contribution in [0.4, 0.5) is 0 Å². The minimum absolute atomic E-state index is 0.124. The van der Waals surface area contributed by atoms with Crippen LogP contribution in [0.5, 0.6) is 0 Å². The Kier molecular flexibility index (Phi) is 3.07. The van der Waals surface area contributed by atoms with E-state index >= 15 is 0 Å². The van der Waals surface area contributed by atoms with E-state index in [9.17, 15) is 4.79 Å². The molecule has 1 N–H and O–H groups in total. The molecule has 0 atom stereocenters. The Morgan fingerprint density at radius 1 is 1.38 bits per heavy atom. The van der Waals surface area contributed by atoms with Gasteiger partial charge in [-0.05, 0) is 44.0 Å². The van der Waals surface area contributed by atoms with E-state index in [4.69, 9.17) is 10.4 Å². The summed E-state index contributed by atoms with van der Waals surface area (Å²) in [4.78, 5) is 10.7. The molecule has 0 aliphatic carbocycles. The number of aromatic carboxylic acids is 1. The molecule has 0 radical (unpaired) electrons. The normalized spacial score (nSPS) is 9.31. The molecule has 0 spiro atoms. The summed E-state index contributed by atoms with van der Waals surface area (Å²) in [6.45, 7) is 0. The van der Waals surface area contributed by atoms with Crippen molar-refractivity contribution in [2.75, 3.05) is 0 Å². The van der Waals surface area contributed by atoms with Gasteiger partial charge in [0.1, 0.15) is 0 Å². The molecule has 0 fully saturated rings. The van der Waals surface area contributed by atoms with Crippen molar-refractivity contribution in [3.05, 3.63) is 32.2 Å². The van der Waals surface area contributed by atoms with E-state index < -0.39 is 5.97 Å². The van der Waals surface area contributed by atoms with Gasteiger partial charge in [0.15, 0.2) is 0 Å². The first-order chi connectivity index (χ1) is 6.06. The Balaban J connectivity index is 3.42. The third kappa shape index (κ3) is 2.08. The summed E-state index contributed by atoms with van der Waals surface area (Å²) >= 11 is 6.15. The summed E-state index contributed by atoms with van der Waals surface area (Å²) in [7, 11) is 0. The number of carbonyl (C=O) groups is 1. The van der Waals surface area contributed by atoms with E-state index in [1.165, 1.54) is 12.1 Å². The van der Waals surface area contributed by atoms with Crippen molar-refractivity contribution < 1.29 is 9.90 Å². The molecule has 0 saturated heterocycles. The van der Waals surface area contributed by atoms with Crippen molar-refractivity contribution in [1.29, 1.82) is 5.26 Å². The average Bonchev–Trinajstić information content (AvgIpc) is 2.02. The molecule has 1 aromatic rings. The first-order valence-electron chi connectivity index (χ1n) is 3.18. The van der Waals surface area contributed by atoms with Crippen LogP contribution in [0.2, 0.25) is 0 Å². The molecule has 0 aliphatic heterocycles. The number of nitrogens with zero attached hydrogens (tertiary/aromatic N) is 1. The zero-order valence-corrected chi connectivity index (χ0v) is 9.39. The molecule has 0 aliphatic rings. The van der Waals surface area contributed by atoms with Gasteiger partial charge in [-0.1, -0.05) is 0 Å². The van der Waals surface area contributed by atoms with Crippen LogP contribution in [0.15, 0.2) is 21.1 Å². The smallest absolute Gasteiger partial charge is 0.338 e. The molecule has 3 nitrogen and oxygen atoms in total. The lowest BCUT2D eigenvalue weighted by atomic mass is 10.1. The van der Waals surface area contributed by atoms with Crippen LogP contribution in [0, 0.1) is 11.3 Å². The van der Waals surface area contributed by atoms with E-state index in [0.29, 0.717) is 14.5 Å². The molecule has 1 rings (SSSR count). The number of hydrogen-bond donors (Lipinski definition) is 1. The molecule has 0 bridgehead atoms. The lowest BCUT2D eigenvalue weighted by molar-refractivity contribution is 0.0695. The van der Waals surface area contributed by atoms with Crippen LogP contribution < -0.4 is 0 Å². The molecule has 1 aromatic carbocycles. The number of rotatable bonds is 1. The highest BCUT2D eigenvalue weighted by atomic mass is 79.9. The number of carboxylic acid groups (broad SMARTS) is 1. The second-order valence-corrected chi connectivity index (χ2v) is 3.94. The number of nitriles is 1. The van der Waals surface area contributed by atoms with Gasteiger partial charge in [-0.25, -0.2) is 4.79 Å². The summed E-state index contributed by atoms with van der Waals surface area (Å²) in [5.41, 5.74) is 0.530. The fraction of sp³-hybridized carbons (Fsp3) is 0. The summed E-state index contributed by atoms with van der Waals surface area (Å²) in [5.74, 6) is -1.04. The zero-order valence-electron chi connectivity index (χ0n) is 6.21. The molecular formula is C8H3Br2NO2. The average molecular weight is 305 g/mol. The summed E-state index contributed by atoms with van der Waals surface area (Å²) in [6, 6.07) is 4.85.